The highest BCUT2D eigenvalue weighted by atomic mass is 15.0. The predicted molar refractivity (Wildman–Crippen MR) is 44.1 cm³/mol. The number of rotatable bonds is 2. The van der Waals surface area contributed by atoms with Crippen molar-refractivity contribution < 1.29 is 0 Å². The van der Waals surface area contributed by atoms with Crippen LogP contribution in [-0.4, -0.2) is 26.2 Å². The van der Waals surface area contributed by atoms with Gasteiger partial charge < -0.3 is 10.6 Å². The van der Waals surface area contributed by atoms with E-state index in [4.69, 9.17) is 0 Å². The van der Waals surface area contributed by atoms with Gasteiger partial charge in [-0.05, 0) is 26.9 Å². The van der Waals surface area contributed by atoms with Crippen LogP contribution in [0.4, 0.5) is 0 Å². The van der Waals surface area contributed by atoms with Gasteiger partial charge in [-0.15, -0.1) is 0 Å². The molecule has 0 bridgehead atoms. The Labute approximate surface area is 62.7 Å². The lowest BCUT2D eigenvalue weighted by Gasteiger charge is -2.27. The Hall–Kier alpha value is -0.340. The summed E-state index contributed by atoms with van der Waals surface area (Å²) >= 11 is 0. The minimum Gasteiger partial charge on any atom is -0.315 e. The molecule has 0 aromatic carbocycles. The number of hydrogen-bond acceptors (Lipinski definition) is 2. The Balaban J connectivity index is 2.45. The van der Waals surface area contributed by atoms with Crippen LogP contribution in [0.15, 0.2) is 12.2 Å². The zero-order valence-electron chi connectivity index (χ0n) is 6.72. The SMILES string of the molecule is CN[C@H]1CC=CC[C@H]1NC. The molecule has 2 heteroatoms. The van der Waals surface area contributed by atoms with Crippen molar-refractivity contribution in [2.24, 2.45) is 0 Å². The van der Waals surface area contributed by atoms with Crippen LogP contribution >= 0.6 is 0 Å². The maximum absolute atomic E-state index is 3.29. The highest BCUT2D eigenvalue weighted by Crippen LogP contribution is 2.10. The standard InChI is InChI=1S/C8H16N2/c1-9-7-5-3-4-6-8(7)10-2/h3-4,7-10H,5-6H2,1-2H3/t7-,8+. The molecule has 2 N–H and O–H groups in total. The fourth-order valence-electron chi connectivity index (χ4n) is 1.45. The van der Waals surface area contributed by atoms with Crippen LogP contribution in [0.3, 0.4) is 0 Å². The summed E-state index contributed by atoms with van der Waals surface area (Å²) in [5, 5.41) is 6.58. The molecule has 2 nitrogen and oxygen atoms in total. The van der Waals surface area contributed by atoms with Crippen LogP contribution in [0.2, 0.25) is 0 Å². The highest BCUT2D eigenvalue weighted by molar-refractivity contribution is 5.00. The van der Waals surface area contributed by atoms with Gasteiger partial charge in [0, 0.05) is 12.1 Å². The quantitative estimate of drug-likeness (QED) is 0.546. The topological polar surface area (TPSA) is 24.1 Å². The largest absolute Gasteiger partial charge is 0.315 e. The zero-order chi connectivity index (χ0) is 7.40. The first-order valence-corrected chi connectivity index (χ1v) is 3.88. The Bertz CT molecular complexity index is 106. The molecule has 0 aromatic rings. The number of hydrogen-bond donors (Lipinski definition) is 2. The first-order valence-electron chi connectivity index (χ1n) is 3.88. The second-order valence-corrected chi connectivity index (χ2v) is 2.73. The third kappa shape index (κ3) is 1.58. The summed E-state index contributed by atoms with van der Waals surface area (Å²) in [5.41, 5.74) is 0. The summed E-state index contributed by atoms with van der Waals surface area (Å²) in [5.74, 6) is 0. The van der Waals surface area contributed by atoms with Gasteiger partial charge >= 0.3 is 0 Å². The van der Waals surface area contributed by atoms with Gasteiger partial charge in [0.05, 0.1) is 0 Å². The fourth-order valence-corrected chi connectivity index (χ4v) is 1.45. The minimum atomic E-state index is 0.620. The maximum atomic E-state index is 3.29. The molecular formula is C8H16N2. The molecule has 0 radical (unpaired) electrons. The molecule has 0 aromatic heterocycles. The van der Waals surface area contributed by atoms with Crippen molar-refractivity contribution in [3.63, 3.8) is 0 Å². The molecule has 1 aliphatic rings. The zero-order valence-corrected chi connectivity index (χ0v) is 6.72. The average Bonchev–Trinajstić information content (AvgIpc) is 2.04. The van der Waals surface area contributed by atoms with Gasteiger partial charge in [0.2, 0.25) is 0 Å². The summed E-state index contributed by atoms with van der Waals surface area (Å²) in [4.78, 5) is 0. The van der Waals surface area contributed by atoms with E-state index in [1.807, 2.05) is 14.1 Å². The second kappa shape index (κ2) is 3.74. The molecule has 58 valence electrons. The lowest BCUT2D eigenvalue weighted by molar-refractivity contribution is 0.399. The molecule has 0 unspecified atom stereocenters. The average molecular weight is 140 g/mol. The monoisotopic (exact) mass is 140 g/mol. The van der Waals surface area contributed by atoms with Crippen LogP contribution in [0.1, 0.15) is 12.8 Å². The molecule has 0 saturated heterocycles. The van der Waals surface area contributed by atoms with E-state index in [-0.39, 0.29) is 0 Å². The van der Waals surface area contributed by atoms with Crippen LogP contribution in [-0.2, 0) is 0 Å². The van der Waals surface area contributed by atoms with Crippen molar-refractivity contribution in [3.05, 3.63) is 12.2 Å². The van der Waals surface area contributed by atoms with Crippen LogP contribution in [0.25, 0.3) is 0 Å². The van der Waals surface area contributed by atoms with E-state index in [1.165, 1.54) is 0 Å². The van der Waals surface area contributed by atoms with Crippen LogP contribution < -0.4 is 10.6 Å². The molecule has 0 aliphatic heterocycles. The molecule has 1 rings (SSSR count). The maximum Gasteiger partial charge on any atom is 0.0255 e. The molecule has 2 atom stereocenters. The first kappa shape index (κ1) is 7.76. The van der Waals surface area contributed by atoms with E-state index in [0.29, 0.717) is 12.1 Å². The molecule has 0 saturated carbocycles. The first-order chi connectivity index (χ1) is 4.88. The molecule has 0 amide bonds. The van der Waals surface area contributed by atoms with Gasteiger partial charge in [-0.3, -0.25) is 0 Å². The number of nitrogens with one attached hydrogen (secondary N) is 2. The summed E-state index contributed by atoms with van der Waals surface area (Å²) in [6.45, 7) is 0. The number of likely N-dealkylation sites (N-methyl/N-ethyl adjacent to an activating group) is 2. The smallest absolute Gasteiger partial charge is 0.0255 e. The van der Waals surface area contributed by atoms with Crippen LogP contribution in [0.5, 0.6) is 0 Å². The molecule has 0 spiro atoms. The molecule has 10 heavy (non-hydrogen) atoms. The summed E-state index contributed by atoms with van der Waals surface area (Å²) in [7, 11) is 4.04. The van der Waals surface area contributed by atoms with Crippen molar-refractivity contribution in [3.8, 4) is 0 Å². The summed E-state index contributed by atoms with van der Waals surface area (Å²) in [6.07, 6.45) is 6.80. The van der Waals surface area contributed by atoms with Crippen molar-refractivity contribution in [2.75, 3.05) is 14.1 Å². The molecule has 1 aliphatic carbocycles. The molecule has 0 fully saturated rings. The van der Waals surface area contributed by atoms with E-state index in [0.717, 1.165) is 12.8 Å². The Morgan fingerprint density at radius 2 is 1.40 bits per heavy atom. The Morgan fingerprint density at radius 3 is 1.70 bits per heavy atom. The van der Waals surface area contributed by atoms with Crippen molar-refractivity contribution >= 4 is 0 Å². The summed E-state index contributed by atoms with van der Waals surface area (Å²) < 4.78 is 0. The molecule has 0 heterocycles. The van der Waals surface area contributed by atoms with Crippen LogP contribution in [0, 0.1) is 0 Å². The van der Waals surface area contributed by atoms with E-state index >= 15 is 0 Å². The molecular weight excluding hydrogens is 124 g/mol. The third-order valence-corrected chi connectivity index (χ3v) is 2.17. The Morgan fingerprint density at radius 1 is 1.00 bits per heavy atom. The lowest BCUT2D eigenvalue weighted by Crippen LogP contribution is -2.45. The van der Waals surface area contributed by atoms with Gasteiger partial charge in [-0.2, -0.15) is 0 Å². The van der Waals surface area contributed by atoms with E-state index in [2.05, 4.69) is 22.8 Å². The highest BCUT2D eigenvalue weighted by Gasteiger charge is 2.17. The predicted octanol–water partition coefficient (Wildman–Crippen LogP) is 0.512. The lowest BCUT2D eigenvalue weighted by atomic mass is 9.96. The van der Waals surface area contributed by atoms with Crippen molar-refractivity contribution in [2.45, 2.75) is 24.9 Å². The van der Waals surface area contributed by atoms with Gasteiger partial charge in [0.15, 0.2) is 0 Å². The normalized spacial score (nSPS) is 32.6. The van der Waals surface area contributed by atoms with E-state index < -0.39 is 0 Å². The third-order valence-electron chi connectivity index (χ3n) is 2.17. The minimum absolute atomic E-state index is 0.620. The van der Waals surface area contributed by atoms with Crippen molar-refractivity contribution in [1.29, 1.82) is 0 Å². The van der Waals surface area contributed by atoms with Crippen molar-refractivity contribution in [1.82, 2.24) is 10.6 Å². The van der Waals surface area contributed by atoms with E-state index in [9.17, 15) is 0 Å². The second-order valence-electron chi connectivity index (χ2n) is 2.73. The fraction of sp³-hybridized carbons (Fsp3) is 0.750. The van der Waals surface area contributed by atoms with Gasteiger partial charge in [0.25, 0.3) is 0 Å². The Kier molecular flexibility index (Phi) is 2.90. The van der Waals surface area contributed by atoms with Gasteiger partial charge in [-0.1, -0.05) is 12.2 Å². The summed E-state index contributed by atoms with van der Waals surface area (Å²) in [6, 6.07) is 1.24. The van der Waals surface area contributed by atoms with Gasteiger partial charge in [0.1, 0.15) is 0 Å². The van der Waals surface area contributed by atoms with E-state index in [1.54, 1.807) is 0 Å². The van der Waals surface area contributed by atoms with Gasteiger partial charge in [-0.25, -0.2) is 0 Å².